The van der Waals surface area contributed by atoms with E-state index in [9.17, 15) is 4.79 Å². The summed E-state index contributed by atoms with van der Waals surface area (Å²) in [7, 11) is 0. The van der Waals surface area contributed by atoms with E-state index in [1.807, 2.05) is 95.7 Å². The van der Waals surface area contributed by atoms with Gasteiger partial charge in [-0.15, -0.1) is 10.2 Å². The van der Waals surface area contributed by atoms with Crippen LogP contribution in [0.5, 0.6) is 0 Å². The molecule has 31 heavy (non-hydrogen) atoms. The lowest BCUT2D eigenvalue weighted by atomic mass is 10.2. The smallest absolute Gasteiger partial charge is 0.250 e. The van der Waals surface area contributed by atoms with Crippen molar-refractivity contribution >= 4 is 16.8 Å². The van der Waals surface area contributed by atoms with Gasteiger partial charge in [0.05, 0.1) is 5.56 Å². The van der Waals surface area contributed by atoms with Crippen molar-refractivity contribution in [3.05, 3.63) is 96.7 Å². The molecular formula is C25H20N4O2. The van der Waals surface area contributed by atoms with Crippen LogP contribution in [0.25, 0.3) is 33.8 Å². The van der Waals surface area contributed by atoms with Crippen LogP contribution in [-0.2, 0) is 17.9 Å². The van der Waals surface area contributed by atoms with E-state index in [4.69, 9.17) is 4.42 Å². The van der Waals surface area contributed by atoms with Crippen LogP contribution in [0.4, 0.5) is 0 Å². The molecule has 0 radical (unpaired) electrons. The number of hydrogen-bond donors (Lipinski definition) is 1. The lowest BCUT2D eigenvalue weighted by Crippen LogP contribution is -2.26. The molecule has 0 saturated carbocycles. The quantitative estimate of drug-likeness (QED) is 0.443. The van der Waals surface area contributed by atoms with E-state index in [1.54, 1.807) is 0 Å². The third-order valence-electron chi connectivity index (χ3n) is 5.11. The second-order valence-corrected chi connectivity index (χ2v) is 7.23. The first-order valence-electron chi connectivity index (χ1n) is 10.1. The van der Waals surface area contributed by atoms with E-state index < -0.39 is 0 Å². The Labute approximate surface area is 179 Å². The molecule has 0 fully saturated rings. The minimum atomic E-state index is -0.0633. The number of amides is 1. The Hall–Kier alpha value is -4.19. The fraction of sp³-hybridized carbons (Fsp3) is 0.0800. The Bertz CT molecular complexity index is 1320. The van der Waals surface area contributed by atoms with Crippen molar-refractivity contribution < 1.29 is 9.21 Å². The highest BCUT2D eigenvalue weighted by Crippen LogP contribution is 2.31. The maximum atomic E-state index is 12.6. The Balaban J connectivity index is 1.41. The number of rotatable bonds is 6. The summed E-state index contributed by atoms with van der Waals surface area (Å²) in [5.41, 5.74) is 3.67. The number of carbonyl (C=O) groups is 1. The molecule has 0 aliphatic carbocycles. The molecule has 0 aliphatic heterocycles. The number of hydrogen-bond acceptors (Lipinski definition) is 4. The molecule has 1 N–H and O–H groups in total. The van der Waals surface area contributed by atoms with Crippen LogP contribution in [0.1, 0.15) is 5.56 Å². The van der Waals surface area contributed by atoms with Gasteiger partial charge in [-0.1, -0.05) is 66.7 Å². The summed E-state index contributed by atoms with van der Waals surface area (Å²) in [4.78, 5) is 12.6. The molecule has 152 valence electrons. The molecule has 6 nitrogen and oxygen atoms in total. The summed E-state index contributed by atoms with van der Waals surface area (Å²) < 4.78 is 7.87. The molecule has 5 aromatic rings. The normalized spacial score (nSPS) is 11.0. The summed E-state index contributed by atoms with van der Waals surface area (Å²) in [6.45, 7) is 0.697. The Morgan fingerprint density at radius 2 is 1.52 bits per heavy atom. The van der Waals surface area contributed by atoms with Gasteiger partial charge in [0.15, 0.2) is 0 Å². The van der Waals surface area contributed by atoms with Gasteiger partial charge in [-0.3, -0.25) is 4.79 Å². The van der Waals surface area contributed by atoms with Crippen LogP contribution < -0.4 is 5.32 Å². The minimum Gasteiger partial charge on any atom is -0.416 e. The fourth-order valence-electron chi connectivity index (χ4n) is 3.58. The molecule has 5 rings (SSSR count). The maximum Gasteiger partial charge on any atom is 0.250 e. The zero-order chi connectivity index (χ0) is 21.0. The standard InChI is InChI=1S/C25H20N4O2/c30-23(26-15-18-9-3-1-4-10-18)17-29-16-21(20-13-7-8-14-22(20)29)25-28-27-24(31-25)19-11-5-2-6-12-19/h1-14,16H,15,17H2,(H,26,30). The predicted molar refractivity (Wildman–Crippen MR) is 119 cm³/mol. The summed E-state index contributed by atoms with van der Waals surface area (Å²) in [5.74, 6) is 0.832. The number of aromatic nitrogens is 3. The van der Waals surface area contributed by atoms with Crippen LogP contribution >= 0.6 is 0 Å². The number of nitrogens with zero attached hydrogens (tertiary/aromatic N) is 3. The number of carbonyl (C=O) groups excluding carboxylic acids is 1. The molecule has 2 heterocycles. The zero-order valence-corrected chi connectivity index (χ0v) is 16.7. The summed E-state index contributed by atoms with van der Waals surface area (Å²) in [6, 6.07) is 27.4. The van der Waals surface area contributed by atoms with Crippen LogP contribution in [0, 0.1) is 0 Å². The average molecular weight is 408 g/mol. The van der Waals surface area contributed by atoms with E-state index in [0.717, 1.165) is 27.6 Å². The Morgan fingerprint density at radius 1 is 0.839 bits per heavy atom. The van der Waals surface area contributed by atoms with Crippen LogP contribution in [0.2, 0.25) is 0 Å². The molecule has 3 aromatic carbocycles. The number of para-hydroxylation sites is 1. The van der Waals surface area contributed by atoms with Gasteiger partial charge in [-0.2, -0.15) is 0 Å². The summed E-state index contributed by atoms with van der Waals surface area (Å²) in [6.07, 6.45) is 1.90. The topological polar surface area (TPSA) is 73.0 Å². The van der Waals surface area contributed by atoms with Gasteiger partial charge in [0.2, 0.25) is 17.7 Å². The lowest BCUT2D eigenvalue weighted by molar-refractivity contribution is -0.121. The van der Waals surface area contributed by atoms with E-state index >= 15 is 0 Å². The van der Waals surface area contributed by atoms with Crippen molar-refractivity contribution in [2.45, 2.75) is 13.1 Å². The van der Waals surface area contributed by atoms with Gasteiger partial charge in [0.1, 0.15) is 6.54 Å². The molecule has 6 heteroatoms. The fourth-order valence-corrected chi connectivity index (χ4v) is 3.58. The molecule has 0 spiro atoms. The van der Waals surface area contributed by atoms with Gasteiger partial charge in [0, 0.05) is 29.2 Å². The van der Waals surface area contributed by atoms with E-state index in [1.165, 1.54) is 0 Å². The molecular weight excluding hydrogens is 388 g/mol. The maximum absolute atomic E-state index is 12.6. The van der Waals surface area contributed by atoms with E-state index in [0.29, 0.717) is 18.3 Å². The van der Waals surface area contributed by atoms with Crippen molar-refractivity contribution in [1.82, 2.24) is 20.1 Å². The number of fused-ring (bicyclic) bond motifs is 1. The first-order chi connectivity index (χ1) is 15.3. The van der Waals surface area contributed by atoms with E-state index in [-0.39, 0.29) is 12.5 Å². The lowest BCUT2D eigenvalue weighted by Gasteiger charge is -2.07. The van der Waals surface area contributed by atoms with Gasteiger partial charge in [-0.25, -0.2) is 0 Å². The van der Waals surface area contributed by atoms with Crippen LogP contribution in [0.15, 0.2) is 95.5 Å². The van der Waals surface area contributed by atoms with Gasteiger partial charge >= 0.3 is 0 Å². The summed E-state index contributed by atoms with van der Waals surface area (Å²) >= 11 is 0. The minimum absolute atomic E-state index is 0.0633. The zero-order valence-electron chi connectivity index (χ0n) is 16.7. The molecule has 2 aromatic heterocycles. The van der Waals surface area contributed by atoms with Crippen molar-refractivity contribution in [2.75, 3.05) is 0 Å². The number of nitrogens with one attached hydrogen (secondary N) is 1. The third kappa shape index (κ3) is 3.96. The highest BCUT2D eigenvalue weighted by molar-refractivity contribution is 5.95. The predicted octanol–water partition coefficient (Wildman–Crippen LogP) is 4.67. The largest absolute Gasteiger partial charge is 0.416 e. The van der Waals surface area contributed by atoms with Gasteiger partial charge in [-0.05, 0) is 23.8 Å². The SMILES string of the molecule is O=C(Cn1cc(-c2nnc(-c3ccccc3)o2)c2ccccc21)NCc1ccccc1. The summed E-state index contributed by atoms with van der Waals surface area (Å²) in [5, 5.41) is 12.4. The van der Waals surface area contributed by atoms with Crippen molar-refractivity contribution in [2.24, 2.45) is 0 Å². The molecule has 0 unspecified atom stereocenters. The number of benzene rings is 3. The van der Waals surface area contributed by atoms with Crippen molar-refractivity contribution in [1.29, 1.82) is 0 Å². The highest BCUT2D eigenvalue weighted by Gasteiger charge is 2.17. The molecule has 0 saturated heterocycles. The molecule has 1 amide bonds. The average Bonchev–Trinajstić information content (AvgIpc) is 3.45. The molecule has 0 bridgehead atoms. The second-order valence-electron chi connectivity index (χ2n) is 7.23. The molecule has 0 aliphatic rings. The van der Waals surface area contributed by atoms with Crippen molar-refractivity contribution in [3.63, 3.8) is 0 Å². The first kappa shape index (κ1) is 18.8. The third-order valence-corrected chi connectivity index (χ3v) is 5.11. The second kappa shape index (κ2) is 8.28. The Morgan fingerprint density at radius 3 is 2.32 bits per heavy atom. The Kier molecular flexibility index (Phi) is 5.02. The van der Waals surface area contributed by atoms with Crippen molar-refractivity contribution in [3.8, 4) is 22.9 Å². The van der Waals surface area contributed by atoms with Crippen LogP contribution in [0.3, 0.4) is 0 Å². The van der Waals surface area contributed by atoms with E-state index in [2.05, 4.69) is 15.5 Å². The molecule has 0 atom stereocenters. The first-order valence-corrected chi connectivity index (χ1v) is 10.1. The van der Waals surface area contributed by atoms with Gasteiger partial charge in [0.25, 0.3) is 0 Å². The van der Waals surface area contributed by atoms with Gasteiger partial charge < -0.3 is 14.3 Å². The van der Waals surface area contributed by atoms with Crippen LogP contribution in [-0.4, -0.2) is 20.7 Å². The highest BCUT2D eigenvalue weighted by atomic mass is 16.4. The monoisotopic (exact) mass is 408 g/mol.